The lowest BCUT2D eigenvalue weighted by molar-refractivity contribution is -0.117. The van der Waals surface area contributed by atoms with Gasteiger partial charge in [0.2, 0.25) is 5.91 Å². The zero-order chi connectivity index (χ0) is 15.1. The van der Waals surface area contributed by atoms with Gasteiger partial charge in [-0.05, 0) is 30.5 Å². The van der Waals surface area contributed by atoms with Crippen LogP contribution in [0.4, 0.5) is 4.39 Å². The lowest BCUT2D eigenvalue weighted by atomic mass is 9.95. The number of nitrogens with one attached hydrogen (secondary N) is 1. The Labute approximate surface area is 124 Å². The fourth-order valence-corrected chi connectivity index (χ4v) is 2.72. The van der Waals surface area contributed by atoms with Gasteiger partial charge in [0.05, 0.1) is 6.20 Å². The van der Waals surface area contributed by atoms with Crippen LogP contribution in [0, 0.1) is 11.7 Å². The van der Waals surface area contributed by atoms with Gasteiger partial charge >= 0.3 is 0 Å². The van der Waals surface area contributed by atoms with E-state index < -0.39 is 5.82 Å². The normalized spacial score (nSPS) is 23.0. The van der Waals surface area contributed by atoms with Gasteiger partial charge in [-0.15, -0.1) is 0 Å². The highest BCUT2D eigenvalue weighted by Crippen LogP contribution is 2.23. The highest BCUT2D eigenvalue weighted by molar-refractivity contribution is 5.91. The summed E-state index contributed by atoms with van der Waals surface area (Å²) in [6.45, 7) is 0.0997. The number of carbonyl (C=O) groups is 1. The summed E-state index contributed by atoms with van der Waals surface area (Å²) in [6.07, 6.45) is 10.7. The van der Waals surface area contributed by atoms with Gasteiger partial charge in [-0.2, -0.15) is 0 Å². The van der Waals surface area contributed by atoms with Crippen LogP contribution in [-0.4, -0.2) is 28.6 Å². The van der Waals surface area contributed by atoms with Crippen LogP contribution in [0.5, 0.6) is 0 Å². The summed E-state index contributed by atoms with van der Waals surface area (Å²) in [7, 11) is 0. The van der Waals surface area contributed by atoms with Gasteiger partial charge in [0.1, 0.15) is 5.82 Å². The van der Waals surface area contributed by atoms with Gasteiger partial charge in [0.25, 0.3) is 0 Å². The summed E-state index contributed by atoms with van der Waals surface area (Å²) < 4.78 is 13.0. The minimum atomic E-state index is -0.429. The van der Waals surface area contributed by atoms with E-state index in [1.807, 2.05) is 0 Å². The highest BCUT2D eigenvalue weighted by atomic mass is 19.1. The minimum absolute atomic E-state index is 0.0142. The third-order valence-corrected chi connectivity index (χ3v) is 3.87. The molecule has 1 aromatic rings. The molecule has 0 aromatic carbocycles. The predicted octanol–water partition coefficient (Wildman–Crippen LogP) is 2.29. The molecule has 0 bridgehead atoms. The molecule has 2 atom stereocenters. The van der Waals surface area contributed by atoms with Crippen LogP contribution in [0.3, 0.4) is 0 Å². The number of carbonyl (C=O) groups excluding carboxylic acids is 1. The summed E-state index contributed by atoms with van der Waals surface area (Å²) in [5.74, 6) is -0.521. The van der Waals surface area contributed by atoms with E-state index in [-0.39, 0.29) is 24.5 Å². The van der Waals surface area contributed by atoms with Gasteiger partial charge in [0, 0.05) is 30.8 Å². The molecule has 1 saturated carbocycles. The van der Waals surface area contributed by atoms with E-state index in [0.29, 0.717) is 5.56 Å². The Morgan fingerprint density at radius 3 is 2.95 bits per heavy atom. The molecule has 1 aliphatic carbocycles. The molecular weight excluding hydrogens is 271 g/mol. The standard InChI is InChI=1S/C16H21FN2O2/c17-14-8-12(9-18-10-14)6-7-16(21)19-15-5-3-1-2-4-13(15)11-20/h6-10,13,15,20H,1-5,11H2,(H,19,21)/b7-6+. The number of aliphatic hydroxyl groups is 1. The average Bonchev–Trinajstić information content (AvgIpc) is 2.70. The Balaban J connectivity index is 1.93. The second-order valence-corrected chi connectivity index (χ2v) is 5.47. The van der Waals surface area contributed by atoms with Crippen LogP contribution in [0.25, 0.3) is 6.08 Å². The molecule has 2 rings (SSSR count). The molecule has 1 amide bonds. The second kappa shape index (κ2) is 7.88. The van der Waals surface area contributed by atoms with Crippen molar-refractivity contribution in [3.05, 3.63) is 35.9 Å². The van der Waals surface area contributed by atoms with Gasteiger partial charge in [-0.3, -0.25) is 9.78 Å². The minimum Gasteiger partial charge on any atom is -0.396 e. The molecule has 1 fully saturated rings. The number of nitrogens with zero attached hydrogens (tertiary/aromatic N) is 1. The number of aromatic nitrogens is 1. The van der Waals surface area contributed by atoms with Crippen molar-refractivity contribution >= 4 is 12.0 Å². The lowest BCUT2D eigenvalue weighted by Crippen LogP contribution is -2.40. The summed E-state index contributed by atoms with van der Waals surface area (Å²) in [5.41, 5.74) is 0.546. The van der Waals surface area contributed by atoms with Gasteiger partial charge < -0.3 is 10.4 Å². The second-order valence-electron chi connectivity index (χ2n) is 5.47. The van der Waals surface area contributed by atoms with Gasteiger partial charge in [0.15, 0.2) is 0 Å². The Kier molecular flexibility index (Phi) is 5.87. The number of hydrogen-bond acceptors (Lipinski definition) is 3. The van der Waals surface area contributed by atoms with E-state index in [1.165, 1.54) is 24.4 Å². The summed E-state index contributed by atoms with van der Waals surface area (Å²) in [5, 5.41) is 12.4. The molecule has 1 aromatic heterocycles. The Hall–Kier alpha value is -1.75. The Bertz CT molecular complexity index is 505. The molecule has 2 unspecified atom stereocenters. The molecule has 0 spiro atoms. The Morgan fingerprint density at radius 2 is 2.19 bits per heavy atom. The molecule has 21 heavy (non-hydrogen) atoms. The molecule has 0 radical (unpaired) electrons. The van der Waals surface area contributed by atoms with E-state index in [4.69, 9.17) is 0 Å². The van der Waals surface area contributed by atoms with Crippen LogP contribution in [0.15, 0.2) is 24.5 Å². The summed E-state index contributed by atoms with van der Waals surface area (Å²) >= 11 is 0. The van der Waals surface area contributed by atoms with Crippen LogP contribution < -0.4 is 5.32 Å². The van der Waals surface area contributed by atoms with Crippen LogP contribution >= 0.6 is 0 Å². The third kappa shape index (κ3) is 4.93. The van der Waals surface area contributed by atoms with Crippen LogP contribution in [0.1, 0.15) is 37.7 Å². The first-order valence-electron chi connectivity index (χ1n) is 7.39. The largest absolute Gasteiger partial charge is 0.396 e. The number of rotatable bonds is 4. The van der Waals surface area contributed by atoms with Gasteiger partial charge in [-0.1, -0.05) is 19.3 Å². The third-order valence-electron chi connectivity index (χ3n) is 3.87. The number of amides is 1. The molecular formula is C16H21FN2O2. The maximum Gasteiger partial charge on any atom is 0.244 e. The first kappa shape index (κ1) is 15.6. The molecule has 0 aliphatic heterocycles. The fraction of sp³-hybridized carbons (Fsp3) is 0.500. The maximum absolute atomic E-state index is 13.0. The number of aliphatic hydroxyl groups excluding tert-OH is 1. The fourth-order valence-electron chi connectivity index (χ4n) is 2.72. The molecule has 5 heteroatoms. The van der Waals surface area contributed by atoms with Crippen molar-refractivity contribution in [2.24, 2.45) is 5.92 Å². The monoisotopic (exact) mass is 292 g/mol. The zero-order valence-electron chi connectivity index (χ0n) is 12.0. The van der Waals surface area contributed by atoms with Crippen LogP contribution in [0.2, 0.25) is 0 Å². The van der Waals surface area contributed by atoms with Crippen molar-refractivity contribution < 1.29 is 14.3 Å². The van der Waals surface area contributed by atoms with E-state index in [2.05, 4.69) is 10.3 Å². The van der Waals surface area contributed by atoms with Crippen molar-refractivity contribution in [3.63, 3.8) is 0 Å². The number of halogens is 1. The summed E-state index contributed by atoms with van der Waals surface area (Å²) in [4.78, 5) is 15.7. The molecule has 114 valence electrons. The van der Waals surface area contributed by atoms with E-state index in [0.717, 1.165) is 38.3 Å². The van der Waals surface area contributed by atoms with Crippen molar-refractivity contribution in [2.45, 2.75) is 38.1 Å². The molecule has 1 heterocycles. The average molecular weight is 292 g/mol. The first-order valence-corrected chi connectivity index (χ1v) is 7.39. The van der Waals surface area contributed by atoms with Crippen molar-refractivity contribution in [1.82, 2.24) is 10.3 Å². The van der Waals surface area contributed by atoms with Crippen molar-refractivity contribution in [2.75, 3.05) is 6.61 Å². The number of pyridine rings is 1. The molecule has 1 aliphatic rings. The van der Waals surface area contributed by atoms with E-state index in [1.54, 1.807) is 0 Å². The summed E-state index contributed by atoms with van der Waals surface area (Å²) in [6, 6.07) is 1.33. The lowest BCUT2D eigenvalue weighted by Gasteiger charge is -2.23. The topological polar surface area (TPSA) is 62.2 Å². The van der Waals surface area contributed by atoms with Crippen LogP contribution in [-0.2, 0) is 4.79 Å². The smallest absolute Gasteiger partial charge is 0.244 e. The Morgan fingerprint density at radius 1 is 1.38 bits per heavy atom. The van der Waals surface area contributed by atoms with Crippen molar-refractivity contribution in [1.29, 1.82) is 0 Å². The molecule has 4 nitrogen and oxygen atoms in total. The maximum atomic E-state index is 13.0. The highest BCUT2D eigenvalue weighted by Gasteiger charge is 2.23. The zero-order valence-corrected chi connectivity index (χ0v) is 12.0. The van der Waals surface area contributed by atoms with Crippen molar-refractivity contribution in [3.8, 4) is 0 Å². The quantitative estimate of drug-likeness (QED) is 0.661. The number of hydrogen-bond donors (Lipinski definition) is 2. The molecule has 2 N–H and O–H groups in total. The van der Waals surface area contributed by atoms with E-state index in [9.17, 15) is 14.3 Å². The van der Waals surface area contributed by atoms with Gasteiger partial charge in [-0.25, -0.2) is 4.39 Å². The SMILES string of the molecule is O=C(/C=C/c1cncc(F)c1)NC1CCCCCC1CO. The van der Waals surface area contributed by atoms with E-state index >= 15 is 0 Å². The predicted molar refractivity (Wildman–Crippen MR) is 78.8 cm³/mol. The first-order chi connectivity index (χ1) is 10.2. The molecule has 0 saturated heterocycles.